The Kier molecular flexibility index (Phi) is 18.8. The van der Waals surface area contributed by atoms with Gasteiger partial charge in [0.2, 0.25) is 0 Å². The molecule has 0 unspecified atom stereocenters. The number of carboxylic acids is 1. The fourth-order valence-corrected chi connectivity index (χ4v) is 0.816. The molecule has 7 nitrogen and oxygen atoms in total. The Bertz CT molecular complexity index is 380. The second kappa shape index (κ2) is 14.6. The van der Waals surface area contributed by atoms with Gasteiger partial charge in [0.05, 0.1) is 0 Å². The van der Waals surface area contributed by atoms with Crippen molar-refractivity contribution in [1.82, 2.24) is 5.32 Å². The number of amides is 1. The Balaban J connectivity index is -0.000000298. The summed E-state index contributed by atoms with van der Waals surface area (Å²) in [5.41, 5.74) is -0.706. The van der Waals surface area contributed by atoms with Crippen LogP contribution in [-0.4, -0.2) is 40.9 Å². The van der Waals surface area contributed by atoms with Gasteiger partial charge in [0.1, 0.15) is 5.60 Å². The van der Waals surface area contributed by atoms with E-state index in [9.17, 15) is 14.4 Å². The van der Waals surface area contributed by atoms with E-state index in [-0.39, 0.29) is 33.6 Å². The van der Waals surface area contributed by atoms with E-state index in [2.05, 4.69) is 37.7 Å². The number of carboxylic acid groups (broad SMARTS) is 1. The molecule has 0 saturated carbocycles. The first-order chi connectivity index (χ1) is 9.76. The number of nitrogens with one attached hydrogen (secondary N) is 1. The van der Waals surface area contributed by atoms with Crippen LogP contribution in [0.15, 0.2) is 0 Å². The fraction of sp³-hybridized carbons (Fsp3) is 0.667. The van der Waals surface area contributed by atoms with Gasteiger partial charge in [-0.25, -0.2) is 9.59 Å². The zero-order chi connectivity index (χ0) is 18.1. The molecule has 0 rings (SSSR count). The molecule has 0 aliphatic carbocycles. The smallest absolute Gasteiger partial charge is 0.405 e. The molecule has 0 bridgehead atoms. The molecule has 2 N–H and O–H groups in total. The summed E-state index contributed by atoms with van der Waals surface area (Å²) < 4.78 is 9.43. The first kappa shape index (κ1) is 31.0. The number of esters is 1. The average Bonchev–Trinajstić information content (AvgIpc) is 2.24. The fourth-order valence-electron chi connectivity index (χ4n) is 0.816. The number of hydrogen-bond acceptors (Lipinski definition) is 5. The van der Waals surface area contributed by atoms with Gasteiger partial charge in [0.25, 0.3) is 5.97 Å². The third kappa shape index (κ3) is 21.2. The Morgan fingerprint density at radius 1 is 1.12 bits per heavy atom. The van der Waals surface area contributed by atoms with E-state index in [1.165, 1.54) is 12.8 Å². The minimum absolute atomic E-state index is 0. The Hall–Kier alpha value is -0.777. The van der Waals surface area contributed by atoms with Gasteiger partial charge in [-0.05, 0) is 27.7 Å². The van der Waals surface area contributed by atoms with Crippen molar-refractivity contribution < 1.29 is 62.5 Å². The van der Waals surface area contributed by atoms with Gasteiger partial charge in [-0.2, -0.15) is 20.8 Å². The van der Waals surface area contributed by atoms with Crippen LogP contribution >= 0.6 is 0 Å². The number of rotatable bonds is 4. The van der Waals surface area contributed by atoms with E-state index < -0.39 is 35.8 Å². The molecule has 0 spiro atoms. The standard InChI is InChI=1S/C11H18NO6.C4H9.2Co/c1-6(9(15)17-7(2)8(13)14)12-10(16)18-11(3,4)5;1-4(2)3;;/h6-7H,1H2,2-5H3,(H,12,16)(H,13,14);1-3H3;;/q2*-1;;/t6-,7-;;;/m0.../s1. The first-order valence-corrected chi connectivity index (χ1v) is 6.79. The topological polar surface area (TPSA) is 102 Å². The molecule has 0 aliphatic rings. The molecule has 0 heterocycles. The van der Waals surface area contributed by atoms with E-state index >= 15 is 0 Å². The minimum atomic E-state index is -1.30. The average molecular weight is 435 g/mol. The van der Waals surface area contributed by atoms with Crippen LogP contribution in [0, 0.1) is 12.8 Å². The molecular weight excluding hydrogens is 408 g/mol. The van der Waals surface area contributed by atoms with Gasteiger partial charge < -0.3 is 32.7 Å². The zero-order valence-corrected chi connectivity index (χ0v) is 17.1. The van der Waals surface area contributed by atoms with E-state index in [0.717, 1.165) is 0 Å². The molecule has 0 aromatic rings. The van der Waals surface area contributed by atoms with Crippen LogP contribution in [0.2, 0.25) is 0 Å². The van der Waals surface area contributed by atoms with Crippen LogP contribution in [0.25, 0.3) is 0 Å². The number of aliphatic carboxylic acids is 1. The molecule has 1 amide bonds. The normalized spacial score (nSPS) is 12.2. The summed E-state index contributed by atoms with van der Waals surface area (Å²) in [5, 5.41) is 10.7. The number of carbonyl (C=O) groups excluding carboxylic acids is 2. The van der Waals surface area contributed by atoms with E-state index in [1.54, 1.807) is 20.8 Å². The third-order valence-corrected chi connectivity index (χ3v) is 1.62. The van der Waals surface area contributed by atoms with E-state index in [4.69, 9.17) is 9.84 Å². The van der Waals surface area contributed by atoms with Crippen molar-refractivity contribution >= 4 is 18.0 Å². The van der Waals surface area contributed by atoms with Crippen molar-refractivity contribution in [3.8, 4) is 0 Å². The maximum absolute atomic E-state index is 11.3. The molecule has 2 atom stereocenters. The maximum Gasteiger partial charge on any atom is 0.405 e. The van der Waals surface area contributed by atoms with Gasteiger partial charge in [0, 0.05) is 39.6 Å². The van der Waals surface area contributed by atoms with Crippen LogP contribution in [0.1, 0.15) is 48.5 Å². The molecule has 2 radical (unpaired) electrons. The largest absolute Gasteiger partial charge is 0.479 e. The first-order valence-electron chi connectivity index (χ1n) is 6.79. The van der Waals surface area contributed by atoms with Gasteiger partial charge in [0.15, 0.2) is 6.10 Å². The number of hydrogen-bond donors (Lipinski definition) is 2. The van der Waals surface area contributed by atoms with Crippen LogP contribution in [0.5, 0.6) is 0 Å². The minimum Gasteiger partial charge on any atom is -0.479 e. The van der Waals surface area contributed by atoms with Crippen LogP contribution < -0.4 is 5.32 Å². The second-order valence-corrected chi connectivity index (χ2v) is 6.12. The van der Waals surface area contributed by atoms with Gasteiger partial charge in [-0.3, -0.25) is 4.79 Å². The molecule has 0 aromatic carbocycles. The van der Waals surface area contributed by atoms with Gasteiger partial charge in [-0.1, -0.05) is 0 Å². The molecule has 0 fully saturated rings. The Labute approximate surface area is 165 Å². The predicted octanol–water partition coefficient (Wildman–Crippen LogP) is 2.35. The molecule has 0 saturated heterocycles. The Morgan fingerprint density at radius 2 is 1.50 bits per heavy atom. The van der Waals surface area contributed by atoms with Crippen molar-refractivity contribution in [2.45, 2.75) is 66.2 Å². The quantitative estimate of drug-likeness (QED) is 0.519. The zero-order valence-electron chi connectivity index (χ0n) is 15.0. The summed E-state index contributed by atoms with van der Waals surface area (Å²) >= 11 is 0. The number of ether oxygens (including phenoxy) is 2. The summed E-state index contributed by atoms with van der Waals surface area (Å²) in [7, 11) is 0. The van der Waals surface area contributed by atoms with Gasteiger partial charge >= 0.3 is 12.1 Å². The van der Waals surface area contributed by atoms with Crippen LogP contribution in [0.3, 0.4) is 0 Å². The summed E-state index contributed by atoms with van der Waals surface area (Å²) in [5.74, 6) is -0.816. The predicted molar refractivity (Wildman–Crippen MR) is 82.0 cm³/mol. The molecule has 148 valence electrons. The van der Waals surface area contributed by atoms with Crippen molar-refractivity contribution in [2.24, 2.45) is 0 Å². The summed E-state index contributed by atoms with van der Waals surface area (Å²) in [6.07, 6.45) is -2.13. The Morgan fingerprint density at radius 3 is 1.79 bits per heavy atom. The SMILES string of the molecule is C[C-](C)C.[CH2-][C@H](NC(=O)OC(C)(C)C)C(=O)O[C@@H](C)C(=O)O.[Co].[Co]. The van der Waals surface area contributed by atoms with Crippen LogP contribution in [-0.2, 0) is 52.6 Å². The van der Waals surface area contributed by atoms with Crippen molar-refractivity contribution in [2.75, 3.05) is 0 Å². The summed E-state index contributed by atoms with van der Waals surface area (Å²) in [6.45, 7) is 15.8. The van der Waals surface area contributed by atoms with Crippen molar-refractivity contribution in [3.05, 3.63) is 12.8 Å². The third-order valence-electron chi connectivity index (χ3n) is 1.62. The second-order valence-electron chi connectivity index (χ2n) is 6.12. The van der Waals surface area contributed by atoms with Crippen LogP contribution in [0.4, 0.5) is 4.79 Å². The van der Waals surface area contributed by atoms with Gasteiger partial charge in [-0.15, -0.1) is 0 Å². The van der Waals surface area contributed by atoms with Crippen molar-refractivity contribution in [1.29, 1.82) is 0 Å². The maximum atomic E-state index is 11.3. The van der Waals surface area contributed by atoms with E-state index in [0.29, 0.717) is 0 Å². The monoisotopic (exact) mass is 435 g/mol. The molecule has 24 heavy (non-hydrogen) atoms. The number of alkyl carbamates (subject to hydrolysis) is 1. The molecule has 0 aliphatic heterocycles. The summed E-state index contributed by atoms with van der Waals surface area (Å²) in [6, 6.07) is -1.23. The molecular formula is C15H27Co2NO6-2. The van der Waals surface area contributed by atoms with E-state index in [1.807, 2.05) is 0 Å². The molecule has 0 aromatic heterocycles. The molecule has 9 heteroatoms. The summed E-state index contributed by atoms with van der Waals surface area (Å²) in [4.78, 5) is 33.1. The van der Waals surface area contributed by atoms with Crippen molar-refractivity contribution in [3.63, 3.8) is 0 Å². The number of carbonyl (C=O) groups is 3.